The fraction of sp³-hybridized carbons (Fsp3) is 0.158. The van der Waals surface area contributed by atoms with Gasteiger partial charge in [-0.3, -0.25) is 10.1 Å². The molecule has 2 aromatic carbocycles. The van der Waals surface area contributed by atoms with E-state index in [2.05, 4.69) is 16.4 Å². The van der Waals surface area contributed by atoms with E-state index in [9.17, 15) is 13.2 Å². The van der Waals surface area contributed by atoms with Gasteiger partial charge >= 0.3 is 0 Å². The second kappa shape index (κ2) is 7.22. The summed E-state index contributed by atoms with van der Waals surface area (Å²) in [5, 5.41) is 10.2. The number of rotatable bonds is 4. The van der Waals surface area contributed by atoms with Gasteiger partial charge in [0.1, 0.15) is 0 Å². The number of nitrogens with one attached hydrogen (secondary N) is 1. The molecular weight excluding hydrogens is 382 g/mol. The molecule has 3 aromatic rings. The van der Waals surface area contributed by atoms with E-state index in [4.69, 9.17) is 5.14 Å². The summed E-state index contributed by atoms with van der Waals surface area (Å²) in [6.07, 6.45) is 0. The molecule has 0 aliphatic rings. The quantitative estimate of drug-likeness (QED) is 0.697. The number of thiazole rings is 1. The van der Waals surface area contributed by atoms with Gasteiger partial charge in [0.15, 0.2) is 5.13 Å². The lowest BCUT2D eigenvalue weighted by molar-refractivity contribution is 0.102. The normalized spacial score (nSPS) is 11.4. The smallest absolute Gasteiger partial charge is 0.257 e. The lowest BCUT2D eigenvalue weighted by atomic mass is 10.1. The van der Waals surface area contributed by atoms with E-state index in [-0.39, 0.29) is 10.5 Å². The third-order valence-corrected chi connectivity index (χ3v) is 5.98. The fourth-order valence-corrected chi connectivity index (χ4v) is 3.81. The van der Waals surface area contributed by atoms with Crippen LogP contribution in [0.3, 0.4) is 0 Å². The van der Waals surface area contributed by atoms with Crippen molar-refractivity contribution in [3.05, 3.63) is 64.0 Å². The first-order valence-corrected chi connectivity index (χ1v) is 10.6. The number of hydrogen-bond acceptors (Lipinski definition) is 5. The molecule has 0 fully saturated rings. The first kappa shape index (κ1) is 19.2. The van der Waals surface area contributed by atoms with Crippen LogP contribution in [0, 0.1) is 20.8 Å². The van der Waals surface area contributed by atoms with Crippen LogP contribution in [0.4, 0.5) is 5.13 Å². The highest BCUT2D eigenvalue weighted by atomic mass is 32.2. The Balaban J connectivity index is 1.85. The van der Waals surface area contributed by atoms with Crippen molar-refractivity contribution in [1.29, 1.82) is 0 Å². The third kappa shape index (κ3) is 4.24. The van der Waals surface area contributed by atoms with E-state index in [1.807, 2.05) is 31.4 Å². The topological polar surface area (TPSA) is 102 Å². The Kier molecular flexibility index (Phi) is 5.14. The maximum atomic E-state index is 12.6. The number of nitrogens with zero attached hydrogens (tertiary/aromatic N) is 1. The zero-order valence-corrected chi connectivity index (χ0v) is 16.7. The summed E-state index contributed by atoms with van der Waals surface area (Å²) in [5.74, 6) is -0.431. The molecule has 3 rings (SSSR count). The largest absolute Gasteiger partial charge is 0.298 e. The molecule has 1 aromatic heterocycles. The predicted molar refractivity (Wildman–Crippen MR) is 108 cm³/mol. The molecule has 6 nitrogen and oxygen atoms in total. The van der Waals surface area contributed by atoms with Crippen LogP contribution >= 0.6 is 11.3 Å². The lowest BCUT2D eigenvalue weighted by Gasteiger charge is -2.07. The number of carbonyl (C=O) groups is 1. The molecular formula is C19H19N3O3S2. The molecule has 140 valence electrons. The highest BCUT2D eigenvalue weighted by Crippen LogP contribution is 2.27. The van der Waals surface area contributed by atoms with Crippen LogP contribution < -0.4 is 10.5 Å². The van der Waals surface area contributed by atoms with E-state index in [1.54, 1.807) is 13.0 Å². The molecule has 0 aliphatic carbocycles. The van der Waals surface area contributed by atoms with Gasteiger partial charge < -0.3 is 0 Å². The van der Waals surface area contributed by atoms with Crippen LogP contribution in [-0.4, -0.2) is 19.3 Å². The summed E-state index contributed by atoms with van der Waals surface area (Å²) in [7, 11) is -3.88. The van der Waals surface area contributed by atoms with Crippen LogP contribution in [0.1, 0.15) is 27.0 Å². The SMILES string of the molecule is Cc1ccc(-c2csc(NC(=O)c3cc(S(N)(=O)=O)ccc3C)n2)cc1C. The minimum Gasteiger partial charge on any atom is -0.298 e. The monoisotopic (exact) mass is 401 g/mol. The van der Waals surface area contributed by atoms with Gasteiger partial charge in [-0.2, -0.15) is 0 Å². The van der Waals surface area contributed by atoms with Gasteiger partial charge in [0.25, 0.3) is 5.91 Å². The molecule has 27 heavy (non-hydrogen) atoms. The second-order valence-electron chi connectivity index (χ2n) is 6.31. The maximum absolute atomic E-state index is 12.6. The Labute approximate surface area is 162 Å². The van der Waals surface area contributed by atoms with Crippen molar-refractivity contribution in [3.8, 4) is 11.3 Å². The summed E-state index contributed by atoms with van der Waals surface area (Å²) in [5.41, 5.74) is 5.00. The summed E-state index contributed by atoms with van der Waals surface area (Å²) < 4.78 is 23.0. The van der Waals surface area contributed by atoms with Crippen molar-refractivity contribution in [3.63, 3.8) is 0 Å². The minimum atomic E-state index is -3.88. The van der Waals surface area contributed by atoms with E-state index in [0.29, 0.717) is 10.7 Å². The molecule has 0 unspecified atom stereocenters. The van der Waals surface area contributed by atoms with Gasteiger partial charge in [-0.1, -0.05) is 18.2 Å². The maximum Gasteiger partial charge on any atom is 0.257 e. The number of primary sulfonamides is 1. The molecule has 1 amide bonds. The molecule has 0 saturated carbocycles. The van der Waals surface area contributed by atoms with Gasteiger partial charge in [0.05, 0.1) is 10.6 Å². The predicted octanol–water partition coefficient (Wildman–Crippen LogP) is 3.64. The first-order chi connectivity index (χ1) is 12.6. The number of carbonyl (C=O) groups excluding carboxylic acids is 1. The van der Waals surface area contributed by atoms with Gasteiger partial charge in [0.2, 0.25) is 10.0 Å². The molecule has 8 heteroatoms. The first-order valence-electron chi connectivity index (χ1n) is 8.13. The van der Waals surface area contributed by atoms with Gasteiger partial charge in [0, 0.05) is 16.5 Å². The molecule has 1 heterocycles. The Hall–Kier alpha value is -2.55. The molecule has 0 spiro atoms. The number of aryl methyl sites for hydroxylation is 3. The average molecular weight is 402 g/mol. The van der Waals surface area contributed by atoms with Crippen molar-refractivity contribution < 1.29 is 13.2 Å². The lowest BCUT2D eigenvalue weighted by Crippen LogP contribution is -2.17. The number of anilines is 1. The standard InChI is InChI=1S/C19H19N3O3S2/c1-11-4-6-14(8-13(11)3)17-10-26-19(21-17)22-18(23)16-9-15(27(20,24)25)7-5-12(16)2/h4-10H,1-3H3,(H2,20,24,25)(H,21,22,23). The van der Waals surface area contributed by atoms with E-state index >= 15 is 0 Å². The number of aromatic nitrogens is 1. The Bertz CT molecular complexity index is 1130. The van der Waals surface area contributed by atoms with Crippen LogP contribution in [0.2, 0.25) is 0 Å². The molecule has 0 radical (unpaired) electrons. The van der Waals surface area contributed by atoms with Crippen LogP contribution in [0.15, 0.2) is 46.7 Å². The Morgan fingerprint density at radius 2 is 1.74 bits per heavy atom. The van der Waals surface area contributed by atoms with Gasteiger partial charge in [-0.25, -0.2) is 18.5 Å². The number of hydrogen-bond donors (Lipinski definition) is 2. The summed E-state index contributed by atoms with van der Waals surface area (Å²) in [6.45, 7) is 5.81. The molecule has 0 aliphatic heterocycles. The van der Waals surface area contributed by atoms with Crippen LogP contribution in [0.25, 0.3) is 11.3 Å². The summed E-state index contributed by atoms with van der Waals surface area (Å²) in [4.78, 5) is 16.9. The zero-order chi connectivity index (χ0) is 19.8. The number of nitrogens with two attached hydrogens (primary N) is 1. The summed E-state index contributed by atoms with van der Waals surface area (Å²) >= 11 is 1.31. The second-order valence-corrected chi connectivity index (χ2v) is 8.73. The minimum absolute atomic E-state index is 0.104. The van der Waals surface area contributed by atoms with Crippen molar-refractivity contribution in [2.45, 2.75) is 25.7 Å². The van der Waals surface area contributed by atoms with Crippen molar-refractivity contribution in [2.75, 3.05) is 5.32 Å². The van der Waals surface area contributed by atoms with Crippen molar-refractivity contribution >= 4 is 32.4 Å². The summed E-state index contributed by atoms with van der Waals surface area (Å²) in [6, 6.07) is 10.3. The van der Waals surface area contributed by atoms with E-state index in [1.165, 1.54) is 34.6 Å². The highest BCUT2D eigenvalue weighted by Gasteiger charge is 2.16. The molecule has 0 atom stereocenters. The number of sulfonamides is 1. The highest BCUT2D eigenvalue weighted by molar-refractivity contribution is 7.89. The zero-order valence-electron chi connectivity index (χ0n) is 15.1. The molecule has 0 bridgehead atoms. The van der Waals surface area contributed by atoms with Crippen molar-refractivity contribution in [1.82, 2.24) is 4.98 Å². The van der Waals surface area contributed by atoms with Gasteiger partial charge in [-0.15, -0.1) is 11.3 Å². The van der Waals surface area contributed by atoms with Crippen molar-refractivity contribution in [2.24, 2.45) is 5.14 Å². The Morgan fingerprint density at radius 3 is 2.41 bits per heavy atom. The van der Waals surface area contributed by atoms with Crippen LogP contribution in [0.5, 0.6) is 0 Å². The molecule has 0 saturated heterocycles. The van der Waals surface area contributed by atoms with E-state index in [0.717, 1.165) is 11.3 Å². The van der Waals surface area contributed by atoms with E-state index < -0.39 is 15.9 Å². The average Bonchev–Trinajstić information content (AvgIpc) is 3.05. The number of benzene rings is 2. The third-order valence-electron chi connectivity index (χ3n) is 4.31. The molecule has 3 N–H and O–H groups in total. The van der Waals surface area contributed by atoms with Crippen LogP contribution in [-0.2, 0) is 10.0 Å². The number of amides is 1. The Morgan fingerprint density at radius 1 is 1.04 bits per heavy atom. The fourth-order valence-electron chi connectivity index (χ4n) is 2.55. The van der Waals surface area contributed by atoms with Gasteiger partial charge in [-0.05, 0) is 55.7 Å².